The van der Waals surface area contributed by atoms with E-state index >= 15 is 0 Å². The van der Waals surface area contributed by atoms with Gasteiger partial charge >= 0.3 is 5.97 Å². The Morgan fingerprint density at radius 2 is 2.00 bits per heavy atom. The molecule has 0 fully saturated rings. The highest BCUT2D eigenvalue weighted by molar-refractivity contribution is 6.19. The number of ether oxygens (including phenoxy) is 1. The molecule has 0 atom stereocenters. The number of ketones is 1. The van der Waals surface area contributed by atoms with E-state index in [4.69, 9.17) is 4.74 Å². The zero-order chi connectivity index (χ0) is 15.3. The second kappa shape index (κ2) is 6.60. The van der Waals surface area contributed by atoms with Crippen molar-refractivity contribution in [2.24, 2.45) is 0 Å². The molecule has 0 saturated carbocycles. The number of rotatable bonds is 5. The van der Waals surface area contributed by atoms with Crippen molar-refractivity contribution in [3.8, 4) is 0 Å². The SMILES string of the molecule is CC(=O)/C(=C/c1cccc([N+](=O)[O-])c1)C(=O)OC(C)C. The van der Waals surface area contributed by atoms with Crippen LogP contribution in [0.1, 0.15) is 26.3 Å². The summed E-state index contributed by atoms with van der Waals surface area (Å²) in [5, 5.41) is 10.7. The van der Waals surface area contributed by atoms with E-state index in [1.807, 2.05) is 0 Å². The molecule has 1 rings (SSSR count). The maximum atomic E-state index is 11.8. The van der Waals surface area contributed by atoms with Gasteiger partial charge in [0, 0.05) is 12.1 Å². The molecule has 0 N–H and O–H groups in total. The fraction of sp³-hybridized carbons (Fsp3) is 0.286. The molecule has 0 aliphatic carbocycles. The molecule has 1 aromatic carbocycles. The summed E-state index contributed by atoms with van der Waals surface area (Å²) in [4.78, 5) is 33.4. The number of hydrogen-bond donors (Lipinski definition) is 0. The first-order chi connectivity index (χ1) is 9.31. The van der Waals surface area contributed by atoms with Gasteiger partial charge in [0.05, 0.1) is 11.0 Å². The van der Waals surface area contributed by atoms with Crippen molar-refractivity contribution in [2.75, 3.05) is 0 Å². The smallest absolute Gasteiger partial charge is 0.342 e. The van der Waals surface area contributed by atoms with E-state index in [1.165, 1.54) is 31.2 Å². The van der Waals surface area contributed by atoms with Gasteiger partial charge < -0.3 is 4.74 Å². The molecule has 1 aromatic rings. The third-order valence-corrected chi connectivity index (χ3v) is 2.33. The number of hydrogen-bond acceptors (Lipinski definition) is 5. The Bertz CT molecular complexity index is 575. The molecule has 0 radical (unpaired) electrons. The Labute approximate surface area is 116 Å². The topological polar surface area (TPSA) is 86.5 Å². The van der Waals surface area contributed by atoms with Gasteiger partial charge in [-0.3, -0.25) is 14.9 Å². The van der Waals surface area contributed by atoms with Crippen molar-refractivity contribution in [2.45, 2.75) is 26.9 Å². The number of esters is 1. The van der Waals surface area contributed by atoms with Gasteiger partial charge in [0.25, 0.3) is 5.69 Å². The van der Waals surface area contributed by atoms with Crippen LogP contribution < -0.4 is 0 Å². The Kier molecular flexibility index (Phi) is 5.14. The highest BCUT2D eigenvalue weighted by Crippen LogP contribution is 2.17. The second-order valence-electron chi connectivity index (χ2n) is 4.42. The van der Waals surface area contributed by atoms with E-state index < -0.39 is 16.7 Å². The van der Waals surface area contributed by atoms with Crippen LogP contribution in [0, 0.1) is 10.1 Å². The molecule has 6 nitrogen and oxygen atoms in total. The van der Waals surface area contributed by atoms with Crippen LogP contribution in [0.15, 0.2) is 29.8 Å². The summed E-state index contributed by atoms with van der Waals surface area (Å²) in [6, 6.07) is 5.66. The number of benzene rings is 1. The molecule has 0 heterocycles. The number of carbonyl (C=O) groups is 2. The van der Waals surface area contributed by atoms with Crippen molar-refractivity contribution in [3.63, 3.8) is 0 Å². The van der Waals surface area contributed by atoms with Crippen molar-refractivity contribution in [3.05, 3.63) is 45.5 Å². The van der Waals surface area contributed by atoms with Gasteiger partial charge in [-0.05, 0) is 32.4 Å². The van der Waals surface area contributed by atoms with E-state index in [1.54, 1.807) is 19.9 Å². The highest BCUT2D eigenvalue weighted by atomic mass is 16.6. The third-order valence-electron chi connectivity index (χ3n) is 2.33. The lowest BCUT2D eigenvalue weighted by molar-refractivity contribution is -0.384. The molecule has 0 aromatic heterocycles. The van der Waals surface area contributed by atoms with E-state index in [-0.39, 0.29) is 17.4 Å². The normalized spacial score (nSPS) is 11.3. The summed E-state index contributed by atoms with van der Waals surface area (Å²) >= 11 is 0. The quantitative estimate of drug-likeness (QED) is 0.206. The predicted octanol–water partition coefficient (Wildman–Crippen LogP) is 2.52. The van der Waals surface area contributed by atoms with Gasteiger partial charge in [0.15, 0.2) is 5.78 Å². The summed E-state index contributed by atoms with van der Waals surface area (Å²) in [7, 11) is 0. The van der Waals surface area contributed by atoms with E-state index in [9.17, 15) is 19.7 Å². The first kappa shape index (κ1) is 15.6. The fourth-order valence-electron chi connectivity index (χ4n) is 1.48. The molecule has 6 heteroatoms. The van der Waals surface area contributed by atoms with E-state index in [0.29, 0.717) is 5.56 Å². The molecule has 0 unspecified atom stereocenters. The highest BCUT2D eigenvalue weighted by Gasteiger charge is 2.17. The van der Waals surface area contributed by atoms with Crippen LogP contribution in [0.25, 0.3) is 6.08 Å². The number of Topliss-reactive ketones (excluding diaryl/α,β-unsaturated/α-hetero) is 1. The molecule has 0 amide bonds. The molecule has 106 valence electrons. The van der Waals surface area contributed by atoms with Crippen molar-refractivity contribution in [1.82, 2.24) is 0 Å². The van der Waals surface area contributed by atoms with Crippen LogP contribution >= 0.6 is 0 Å². The number of nitro groups is 1. The van der Waals surface area contributed by atoms with Gasteiger partial charge in [-0.25, -0.2) is 4.79 Å². The average molecular weight is 277 g/mol. The summed E-state index contributed by atoms with van der Waals surface area (Å²) in [6.07, 6.45) is 0.940. The number of non-ortho nitro benzene ring substituents is 1. The lowest BCUT2D eigenvalue weighted by atomic mass is 10.1. The summed E-state index contributed by atoms with van der Waals surface area (Å²) in [6.45, 7) is 4.58. The van der Waals surface area contributed by atoms with Gasteiger partial charge in [-0.2, -0.15) is 0 Å². The van der Waals surface area contributed by atoms with Crippen molar-refractivity contribution >= 4 is 23.5 Å². The standard InChI is InChI=1S/C14H15NO5/c1-9(2)20-14(17)13(10(3)16)8-11-5-4-6-12(7-11)15(18)19/h4-9H,1-3H3/b13-8-. The summed E-state index contributed by atoms with van der Waals surface area (Å²) in [5.74, 6) is -1.19. The zero-order valence-electron chi connectivity index (χ0n) is 11.5. The van der Waals surface area contributed by atoms with Gasteiger partial charge in [-0.15, -0.1) is 0 Å². The largest absolute Gasteiger partial charge is 0.459 e. The molecule has 20 heavy (non-hydrogen) atoms. The molecule has 0 aliphatic heterocycles. The summed E-state index contributed by atoms with van der Waals surface area (Å²) in [5.41, 5.74) is 0.142. The Morgan fingerprint density at radius 1 is 1.35 bits per heavy atom. The molecule has 0 bridgehead atoms. The number of nitrogens with zero attached hydrogens (tertiary/aromatic N) is 1. The minimum atomic E-state index is -0.737. The van der Waals surface area contributed by atoms with Gasteiger partial charge in [-0.1, -0.05) is 12.1 Å². The Hall–Kier alpha value is -2.50. The average Bonchev–Trinajstić information content (AvgIpc) is 2.34. The monoisotopic (exact) mass is 277 g/mol. The lowest BCUT2D eigenvalue weighted by Gasteiger charge is -2.08. The van der Waals surface area contributed by atoms with Crippen LogP contribution in [0.3, 0.4) is 0 Å². The van der Waals surface area contributed by atoms with Gasteiger partial charge in [0.2, 0.25) is 0 Å². The van der Waals surface area contributed by atoms with Crippen LogP contribution in [0.2, 0.25) is 0 Å². The molecule has 0 aliphatic rings. The number of nitro benzene ring substituents is 1. The van der Waals surface area contributed by atoms with E-state index in [0.717, 1.165) is 0 Å². The van der Waals surface area contributed by atoms with Crippen molar-refractivity contribution < 1.29 is 19.2 Å². The van der Waals surface area contributed by atoms with Crippen LogP contribution in [-0.4, -0.2) is 22.8 Å². The van der Waals surface area contributed by atoms with Crippen LogP contribution in [0.5, 0.6) is 0 Å². The minimum absolute atomic E-state index is 0.112. The molecular weight excluding hydrogens is 262 g/mol. The first-order valence-corrected chi connectivity index (χ1v) is 5.99. The number of carbonyl (C=O) groups excluding carboxylic acids is 2. The maximum absolute atomic E-state index is 11.8. The minimum Gasteiger partial charge on any atom is -0.459 e. The van der Waals surface area contributed by atoms with Gasteiger partial charge in [0.1, 0.15) is 5.57 Å². The predicted molar refractivity (Wildman–Crippen MR) is 73.0 cm³/mol. The van der Waals surface area contributed by atoms with Crippen molar-refractivity contribution in [1.29, 1.82) is 0 Å². The Morgan fingerprint density at radius 3 is 2.50 bits per heavy atom. The fourth-order valence-corrected chi connectivity index (χ4v) is 1.48. The molecule has 0 spiro atoms. The zero-order valence-corrected chi connectivity index (χ0v) is 11.5. The maximum Gasteiger partial charge on any atom is 0.342 e. The Balaban J connectivity index is 3.14. The van der Waals surface area contributed by atoms with Crippen LogP contribution in [-0.2, 0) is 14.3 Å². The summed E-state index contributed by atoms with van der Waals surface area (Å²) < 4.78 is 4.96. The third kappa shape index (κ3) is 4.31. The molecule has 0 saturated heterocycles. The lowest BCUT2D eigenvalue weighted by Crippen LogP contribution is -2.17. The second-order valence-corrected chi connectivity index (χ2v) is 4.42. The first-order valence-electron chi connectivity index (χ1n) is 5.99. The molecular formula is C14H15NO5. The van der Waals surface area contributed by atoms with E-state index in [2.05, 4.69) is 0 Å². The van der Waals surface area contributed by atoms with Crippen LogP contribution in [0.4, 0.5) is 5.69 Å².